The molecule has 496 valence electrons. The van der Waals surface area contributed by atoms with Gasteiger partial charge in [-0.1, -0.05) is 24.8 Å². The first-order valence-corrected chi connectivity index (χ1v) is 33.2. The molecule has 4 aromatic rings. The van der Waals surface area contributed by atoms with Crippen LogP contribution in [0.1, 0.15) is 121 Å². The molecule has 4 aromatic carbocycles. The predicted octanol–water partition coefficient (Wildman–Crippen LogP) is 6.67. The van der Waals surface area contributed by atoms with E-state index in [4.69, 9.17) is 57.8 Å². The Kier molecular flexibility index (Phi) is 17.1. The second-order valence-corrected chi connectivity index (χ2v) is 27.6. The van der Waals surface area contributed by atoms with Crippen LogP contribution in [0.25, 0.3) is 0 Å². The largest absolute Gasteiger partial charge is 0.504 e. The number of aromatic hydroxyl groups is 1. The number of hydrogen-bond acceptors (Lipinski definition) is 26. The topological polar surface area (TPSA) is 306 Å². The normalized spacial score (nSPS) is 29.0. The Morgan fingerprint density at radius 2 is 1.14 bits per heavy atom. The number of hydrogen-bond donors (Lipinski definition) is 3. The number of aryl methyl sites for hydroxylation is 2. The van der Waals surface area contributed by atoms with Gasteiger partial charge in [0, 0.05) is 88.5 Å². The molecule has 4 saturated heterocycles. The highest BCUT2D eigenvalue weighted by Crippen LogP contribution is 2.66. The van der Waals surface area contributed by atoms with Gasteiger partial charge < -0.3 is 68.3 Å². The van der Waals surface area contributed by atoms with E-state index >= 15 is 0 Å². The minimum absolute atomic E-state index is 0.0270. The van der Waals surface area contributed by atoms with Gasteiger partial charge in [-0.15, -0.1) is 23.5 Å². The Labute approximate surface area is 551 Å². The first-order valence-electron chi connectivity index (χ1n) is 31.1. The molecule has 25 nitrogen and oxygen atoms in total. The van der Waals surface area contributed by atoms with Crippen LogP contribution >= 0.6 is 23.5 Å². The number of amides is 1. The Balaban J connectivity index is 0.000000172. The molecule has 2 unspecified atom stereocenters. The Hall–Kier alpha value is -8.15. The molecule has 15 rings (SSSR count). The summed E-state index contributed by atoms with van der Waals surface area (Å²) in [5.41, 5.74) is 17.1. The summed E-state index contributed by atoms with van der Waals surface area (Å²) < 4.78 is 64.6. The number of likely N-dealkylation sites (N-methyl/N-ethyl adjacent to an activating group) is 2. The molecule has 0 spiro atoms. The smallest absolute Gasteiger partial charge is 0.408 e. The summed E-state index contributed by atoms with van der Waals surface area (Å²) in [5.74, 6) is 2.00. The van der Waals surface area contributed by atoms with Crippen molar-refractivity contribution in [2.24, 2.45) is 5.73 Å². The zero-order chi connectivity index (χ0) is 66.8. The number of thioether (sulfide) groups is 2. The molecule has 14 atom stereocenters. The number of carbonyl (C=O) groups excluding carboxylic acids is 5. The van der Waals surface area contributed by atoms with Gasteiger partial charge in [0.25, 0.3) is 0 Å². The maximum Gasteiger partial charge on any atom is 0.408 e. The zero-order valence-corrected chi connectivity index (χ0v) is 55.6. The molecule has 11 aliphatic rings. The highest BCUT2D eigenvalue weighted by Gasteiger charge is 2.63. The van der Waals surface area contributed by atoms with E-state index in [0.717, 1.165) is 55.8 Å². The number of nitrogens with two attached hydrogens (primary N) is 1. The van der Waals surface area contributed by atoms with E-state index < -0.39 is 94.8 Å². The van der Waals surface area contributed by atoms with Crippen molar-refractivity contribution in [2.75, 3.05) is 73.2 Å². The third-order valence-electron chi connectivity index (χ3n) is 20.2. The molecule has 0 aromatic heterocycles. The lowest BCUT2D eigenvalue weighted by Crippen LogP contribution is -2.69. The first-order chi connectivity index (χ1) is 45.1. The van der Waals surface area contributed by atoms with Crippen molar-refractivity contribution >= 4 is 53.5 Å². The number of methoxy groups -OCH3 is 2. The van der Waals surface area contributed by atoms with Crippen LogP contribution in [0.15, 0.2) is 24.8 Å². The lowest BCUT2D eigenvalue weighted by atomic mass is 9.70. The number of phenols is 1. The Morgan fingerprint density at radius 3 is 1.63 bits per heavy atom. The van der Waals surface area contributed by atoms with E-state index in [1.165, 1.54) is 50.6 Å². The van der Waals surface area contributed by atoms with Crippen molar-refractivity contribution in [3.05, 3.63) is 97.1 Å². The maximum absolute atomic E-state index is 13.6. The molecule has 1 amide bonds. The number of rotatable bonds is 7. The summed E-state index contributed by atoms with van der Waals surface area (Å²) in [7, 11) is 7.24. The SMILES string of the molecule is C=CCOC(=O)N[C@H]1CS[C@@H]2c3c(OC(C)=O)c(C)c4c(c3[C@H](COC1=O)N1[C@@H]2[C@H]2c3c(cc(C)c(OC)c3C)CC([C@@H]1C#N)N2C)OCO4.COc1c(C)cc2c(c1O)[C@@H]1[C@@H]3[C@@H]4SC[C@H](N)C(=O)OC[C@@H](c5c6c(c(C)c(OC(C)=O)c54)OCO6)N3[C@@H](C#N)C(C2)N1C. The zero-order valence-electron chi connectivity index (χ0n) is 53.9. The number of nitrogens with one attached hydrogen (secondary N) is 1. The van der Waals surface area contributed by atoms with Crippen LogP contribution in [0, 0.1) is 57.3 Å². The standard InChI is InChI=1S/C36H40N4O9S.C31H34N4O8S/c1-8-9-45-36(43)38-21-14-50-34-27-26(33-32(47-15-48-33)18(4)31(27)49-19(5)41)24(13-46-35(21)42)40-23(12-37)22-11-20-10-16(2)30(44-7)17(3)25(20)28(29(34)40)39(22)6;1-12-6-15-7-17-18(8-32)35-19-9-40-31(38)16(33)10-44-30(24(35)23(34(17)4)20(15)25(37)26(12)39-5)22-21(19)29-28(41-11-42-29)13(2)27(22)43-14(3)36/h8,10,21-24,28-29,34H,1,9,11,13-15H2,2-7H3,(H,38,43);6,16-19,23-24,30,37H,7,9-11,33H2,1-5H3/t21-,22?,23-,24-,28+,29+,34+;16-,17?,18-,19-,23+,24+,30+/m00/s1. The molecule has 27 heteroatoms. The number of carbonyl (C=O) groups is 5. The van der Waals surface area contributed by atoms with Gasteiger partial charge in [-0.05, 0) is 94.9 Å². The van der Waals surface area contributed by atoms with E-state index in [1.54, 1.807) is 7.11 Å². The average molecular weight is 1330 g/mol. The minimum atomic E-state index is -1.05. The van der Waals surface area contributed by atoms with E-state index in [9.17, 15) is 39.6 Å². The molecule has 11 aliphatic heterocycles. The van der Waals surface area contributed by atoms with Crippen molar-refractivity contribution in [2.45, 2.75) is 144 Å². The van der Waals surface area contributed by atoms with Crippen LogP contribution in [0.5, 0.6) is 51.7 Å². The van der Waals surface area contributed by atoms with Crippen molar-refractivity contribution in [3.63, 3.8) is 0 Å². The number of fused-ring (bicyclic) bond motifs is 19. The molecule has 0 saturated carbocycles. The third-order valence-corrected chi connectivity index (χ3v) is 23.1. The Bertz CT molecular complexity index is 3990. The van der Waals surface area contributed by atoms with Crippen LogP contribution in [0.3, 0.4) is 0 Å². The van der Waals surface area contributed by atoms with Gasteiger partial charge in [0.15, 0.2) is 34.5 Å². The van der Waals surface area contributed by atoms with Gasteiger partial charge in [0.1, 0.15) is 61.2 Å². The molecule has 8 bridgehead atoms. The molecule has 94 heavy (non-hydrogen) atoms. The number of alkyl carbamates (subject to hydrolysis) is 1. The fourth-order valence-corrected chi connectivity index (χ4v) is 19.6. The number of piperazine rings is 2. The lowest BCUT2D eigenvalue weighted by Gasteiger charge is -2.62. The fraction of sp³-hybridized carbons (Fsp3) is 0.507. The second-order valence-electron chi connectivity index (χ2n) is 25.2. The van der Waals surface area contributed by atoms with E-state index in [2.05, 4.69) is 63.7 Å². The monoisotopic (exact) mass is 1330 g/mol. The number of phenolic OH excluding ortho intramolecular Hbond substituents is 1. The third kappa shape index (κ3) is 10.0. The van der Waals surface area contributed by atoms with Gasteiger partial charge in [0.2, 0.25) is 13.6 Å². The van der Waals surface area contributed by atoms with Gasteiger partial charge in [-0.25, -0.2) is 9.59 Å². The molecule has 11 heterocycles. The van der Waals surface area contributed by atoms with Crippen molar-refractivity contribution < 1.29 is 81.2 Å². The Morgan fingerprint density at radius 1 is 0.670 bits per heavy atom. The van der Waals surface area contributed by atoms with Gasteiger partial charge in [-0.3, -0.25) is 34.0 Å². The van der Waals surface area contributed by atoms with Crippen molar-refractivity contribution in [1.29, 1.82) is 10.5 Å². The molecular formula is C67H74N8O17S2. The van der Waals surface area contributed by atoms with Crippen molar-refractivity contribution in [3.8, 4) is 63.9 Å². The van der Waals surface area contributed by atoms with E-state index in [0.29, 0.717) is 75.3 Å². The number of nitriles is 2. The summed E-state index contributed by atoms with van der Waals surface area (Å²) >= 11 is 2.87. The van der Waals surface area contributed by atoms with E-state index in [-0.39, 0.29) is 68.8 Å². The number of cyclic esters (lactones) is 1. The summed E-state index contributed by atoms with van der Waals surface area (Å²) in [4.78, 5) is 73.4. The van der Waals surface area contributed by atoms with E-state index in [1.807, 2.05) is 40.8 Å². The molecule has 4 N–H and O–H groups in total. The van der Waals surface area contributed by atoms with Crippen LogP contribution in [-0.4, -0.2) is 176 Å². The van der Waals surface area contributed by atoms with Gasteiger partial charge in [-0.2, -0.15) is 10.5 Å². The number of benzene rings is 4. The summed E-state index contributed by atoms with van der Waals surface area (Å²) in [6.07, 6.45) is 1.82. The average Bonchev–Trinajstić information content (AvgIpc) is 0.883. The fourth-order valence-electron chi connectivity index (χ4n) is 16.7. The molecule has 4 fully saturated rings. The number of nitrogens with zero attached hydrogens (tertiary/aromatic N) is 6. The summed E-state index contributed by atoms with van der Waals surface area (Å²) in [6.45, 7) is 15.6. The van der Waals surface area contributed by atoms with Crippen molar-refractivity contribution in [1.82, 2.24) is 24.9 Å². The lowest BCUT2D eigenvalue weighted by molar-refractivity contribution is -0.151. The number of ether oxygens (including phenoxy) is 11. The molecule has 0 radical (unpaired) electrons. The van der Waals surface area contributed by atoms with Gasteiger partial charge >= 0.3 is 30.0 Å². The predicted molar refractivity (Wildman–Crippen MR) is 339 cm³/mol. The molecule has 0 aliphatic carbocycles. The minimum Gasteiger partial charge on any atom is -0.504 e. The van der Waals surface area contributed by atoms with Crippen LogP contribution in [0.4, 0.5) is 4.79 Å². The first kappa shape index (κ1) is 64.6. The van der Waals surface area contributed by atoms with Crippen LogP contribution in [0.2, 0.25) is 0 Å². The highest BCUT2D eigenvalue weighted by molar-refractivity contribution is 7.99. The summed E-state index contributed by atoms with van der Waals surface area (Å²) in [6, 6.07) is 2.98. The van der Waals surface area contributed by atoms with Gasteiger partial charge in [0.05, 0.1) is 61.0 Å². The van der Waals surface area contributed by atoms with Crippen LogP contribution < -0.4 is 48.9 Å². The maximum atomic E-state index is 13.6. The quantitative estimate of drug-likeness (QED) is 0.0752. The number of esters is 4. The second kappa shape index (κ2) is 24.9. The molecular weight excluding hydrogens is 1250 g/mol. The highest BCUT2D eigenvalue weighted by atomic mass is 32.2. The van der Waals surface area contributed by atoms with Crippen LogP contribution in [-0.2, 0) is 46.2 Å². The summed E-state index contributed by atoms with van der Waals surface area (Å²) in [5, 5.41) is 35.2.